The van der Waals surface area contributed by atoms with E-state index in [-0.39, 0.29) is 0 Å². The Morgan fingerprint density at radius 2 is 1.28 bits per heavy atom. The Morgan fingerprint density at radius 3 is 2.16 bits per heavy atom. The van der Waals surface area contributed by atoms with Gasteiger partial charge in [0.2, 0.25) is 5.88 Å². The Hall–Kier alpha value is -6.72. The standard InChI is InChI=1S/C45H29N3O2/c1-46-45-44(43-33-14-6-5-10-28(33)19-23-41(43)50-45)47-25-24-29-11-9-17-40-42(29)36-27-31(20-22-39(36)49-40)30-18-21-38-35(26-30)34-15-7-8-16-37(34)48(38)32-12-3-2-4-13-32/h2-23,25-27H,1,24H2. The van der Waals surface area contributed by atoms with Crippen LogP contribution in [0.3, 0.4) is 0 Å². The van der Waals surface area contributed by atoms with Crippen LogP contribution in [0.5, 0.6) is 0 Å². The normalized spacial score (nSPS) is 12.1. The van der Waals surface area contributed by atoms with Gasteiger partial charge in [-0.15, -0.1) is 0 Å². The van der Waals surface area contributed by atoms with Gasteiger partial charge in [0.1, 0.15) is 22.4 Å². The molecule has 3 heterocycles. The highest BCUT2D eigenvalue weighted by atomic mass is 16.3. The number of hydrogen-bond donors (Lipinski definition) is 0. The molecule has 0 unspecified atom stereocenters. The summed E-state index contributed by atoms with van der Waals surface area (Å²) in [5.41, 5.74) is 10.1. The van der Waals surface area contributed by atoms with Crippen LogP contribution >= 0.6 is 0 Å². The van der Waals surface area contributed by atoms with Gasteiger partial charge in [0, 0.05) is 39.9 Å². The molecular weight excluding hydrogens is 615 g/mol. The van der Waals surface area contributed by atoms with Gasteiger partial charge in [0.15, 0.2) is 0 Å². The second-order valence-corrected chi connectivity index (χ2v) is 12.6. The number of aliphatic imine (C=N–C) groups is 2. The molecule has 0 atom stereocenters. The van der Waals surface area contributed by atoms with Gasteiger partial charge < -0.3 is 13.4 Å². The van der Waals surface area contributed by atoms with Crippen molar-refractivity contribution in [3.8, 4) is 16.8 Å². The molecule has 5 nitrogen and oxygen atoms in total. The summed E-state index contributed by atoms with van der Waals surface area (Å²) in [6, 6.07) is 51.0. The quantitative estimate of drug-likeness (QED) is 0.169. The molecule has 0 radical (unpaired) electrons. The molecule has 10 rings (SSSR count). The summed E-state index contributed by atoms with van der Waals surface area (Å²) in [7, 11) is 0. The predicted molar refractivity (Wildman–Crippen MR) is 208 cm³/mol. The third-order valence-corrected chi connectivity index (χ3v) is 9.81. The molecule has 0 aliphatic rings. The van der Waals surface area contributed by atoms with E-state index in [9.17, 15) is 0 Å². The maximum Gasteiger partial charge on any atom is 0.245 e. The molecule has 236 valence electrons. The van der Waals surface area contributed by atoms with Crippen LogP contribution in [-0.4, -0.2) is 17.5 Å². The number of aromatic nitrogens is 1. The maximum absolute atomic E-state index is 6.37. The lowest BCUT2D eigenvalue weighted by molar-refractivity contribution is 0.627. The third-order valence-electron chi connectivity index (χ3n) is 9.81. The number of rotatable bonds is 6. The molecule has 0 amide bonds. The van der Waals surface area contributed by atoms with Gasteiger partial charge in [-0.05, 0) is 88.8 Å². The van der Waals surface area contributed by atoms with Crippen molar-refractivity contribution in [1.29, 1.82) is 0 Å². The highest BCUT2D eigenvalue weighted by molar-refractivity contribution is 6.15. The topological polar surface area (TPSA) is 55.9 Å². The Labute approximate surface area is 287 Å². The summed E-state index contributed by atoms with van der Waals surface area (Å²) >= 11 is 0. The SMILES string of the molecule is C=Nc1oc2ccc3ccccc3c2c1N=CCc1cccc2oc3ccc(-c4ccc5c(c4)c4ccccc4n5-c4ccccc4)cc3c12. The first-order valence-electron chi connectivity index (χ1n) is 16.7. The fourth-order valence-corrected chi connectivity index (χ4v) is 7.56. The molecule has 7 aromatic carbocycles. The lowest BCUT2D eigenvalue weighted by atomic mass is 9.99. The summed E-state index contributed by atoms with van der Waals surface area (Å²) in [6.45, 7) is 3.75. The molecule has 3 aromatic heterocycles. The summed E-state index contributed by atoms with van der Waals surface area (Å²) in [5.74, 6) is 0.424. The Bertz CT molecular complexity index is 2980. The van der Waals surface area contributed by atoms with E-state index < -0.39 is 0 Å². The molecule has 0 aliphatic carbocycles. The minimum Gasteiger partial charge on any atom is -0.456 e. The average Bonchev–Trinajstić information content (AvgIpc) is 3.84. The number of hydrogen-bond acceptors (Lipinski definition) is 4. The van der Waals surface area contributed by atoms with Crippen molar-refractivity contribution >= 4 is 90.0 Å². The van der Waals surface area contributed by atoms with Crippen LogP contribution in [0.1, 0.15) is 5.56 Å². The highest BCUT2D eigenvalue weighted by Gasteiger charge is 2.17. The van der Waals surface area contributed by atoms with E-state index >= 15 is 0 Å². The number of para-hydroxylation sites is 2. The Kier molecular flexibility index (Phi) is 6.33. The van der Waals surface area contributed by atoms with E-state index in [1.165, 1.54) is 21.8 Å². The number of fused-ring (bicyclic) bond motifs is 9. The maximum atomic E-state index is 6.37. The molecule has 0 bridgehead atoms. The summed E-state index contributed by atoms with van der Waals surface area (Å²) < 4.78 is 14.8. The van der Waals surface area contributed by atoms with Crippen molar-refractivity contribution in [3.05, 3.63) is 151 Å². The monoisotopic (exact) mass is 643 g/mol. The second kappa shape index (κ2) is 11.2. The smallest absolute Gasteiger partial charge is 0.245 e. The molecule has 0 saturated heterocycles. The van der Waals surface area contributed by atoms with Gasteiger partial charge in [-0.2, -0.15) is 0 Å². The molecule has 10 aromatic rings. The van der Waals surface area contributed by atoms with E-state index in [4.69, 9.17) is 13.8 Å². The minimum atomic E-state index is 0.424. The van der Waals surface area contributed by atoms with Crippen molar-refractivity contribution in [2.75, 3.05) is 0 Å². The summed E-state index contributed by atoms with van der Waals surface area (Å²) in [6.07, 6.45) is 2.55. The van der Waals surface area contributed by atoms with Crippen molar-refractivity contribution < 1.29 is 8.83 Å². The Morgan fingerprint density at radius 1 is 0.560 bits per heavy atom. The first-order valence-corrected chi connectivity index (χ1v) is 16.7. The molecule has 5 heteroatoms. The van der Waals surface area contributed by atoms with Gasteiger partial charge in [-0.25, -0.2) is 4.99 Å². The van der Waals surface area contributed by atoms with Crippen molar-refractivity contribution in [2.24, 2.45) is 9.98 Å². The molecule has 0 aliphatic heterocycles. The third kappa shape index (κ3) is 4.34. The molecule has 0 spiro atoms. The van der Waals surface area contributed by atoms with Gasteiger partial charge in [-0.1, -0.05) is 91.0 Å². The highest BCUT2D eigenvalue weighted by Crippen LogP contribution is 2.43. The van der Waals surface area contributed by atoms with Crippen LogP contribution < -0.4 is 0 Å². The van der Waals surface area contributed by atoms with E-state index in [0.717, 1.165) is 66.1 Å². The van der Waals surface area contributed by atoms with Crippen LogP contribution in [0.25, 0.3) is 82.3 Å². The largest absolute Gasteiger partial charge is 0.456 e. The molecule has 0 fully saturated rings. The van der Waals surface area contributed by atoms with E-state index in [0.29, 0.717) is 18.0 Å². The predicted octanol–water partition coefficient (Wildman–Crippen LogP) is 12.5. The summed E-state index contributed by atoms with van der Waals surface area (Å²) in [4.78, 5) is 9.11. The lowest BCUT2D eigenvalue weighted by Gasteiger charge is -2.08. The van der Waals surface area contributed by atoms with Gasteiger partial charge in [0.25, 0.3) is 0 Å². The Balaban J connectivity index is 1.07. The fraction of sp³-hybridized carbons (Fsp3) is 0.0222. The first-order chi connectivity index (χ1) is 24.7. The van der Waals surface area contributed by atoms with Gasteiger partial charge >= 0.3 is 0 Å². The zero-order valence-corrected chi connectivity index (χ0v) is 27.0. The van der Waals surface area contributed by atoms with Crippen LogP contribution in [0.15, 0.2) is 164 Å². The van der Waals surface area contributed by atoms with E-state index in [2.05, 4.69) is 132 Å². The molecule has 0 saturated carbocycles. The molecule has 0 N–H and O–H groups in total. The van der Waals surface area contributed by atoms with Gasteiger partial charge in [0.05, 0.1) is 16.4 Å². The number of furan rings is 2. The first kappa shape index (κ1) is 28.3. The zero-order valence-electron chi connectivity index (χ0n) is 27.0. The van der Waals surface area contributed by atoms with Crippen LogP contribution in [0.4, 0.5) is 11.6 Å². The average molecular weight is 644 g/mol. The van der Waals surface area contributed by atoms with Crippen molar-refractivity contribution in [3.63, 3.8) is 0 Å². The van der Waals surface area contributed by atoms with Crippen LogP contribution in [-0.2, 0) is 6.42 Å². The fourth-order valence-electron chi connectivity index (χ4n) is 7.56. The van der Waals surface area contributed by atoms with E-state index in [1.54, 1.807) is 0 Å². The van der Waals surface area contributed by atoms with Gasteiger partial charge in [-0.3, -0.25) is 4.99 Å². The van der Waals surface area contributed by atoms with Crippen molar-refractivity contribution in [2.45, 2.75) is 6.42 Å². The minimum absolute atomic E-state index is 0.424. The molecule has 50 heavy (non-hydrogen) atoms. The summed E-state index contributed by atoms with van der Waals surface area (Å²) in [5, 5.41) is 7.79. The lowest BCUT2D eigenvalue weighted by Crippen LogP contribution is -1.92. The zero-order chi connectivity index (χ0) is 33.2. The van der Waals surface area contributed by atoms with Crippen LogP contribution in [0, 0.1) is 0 Å². The number of benzene rings is 7. The number of nitrogens with zero attached hydrogens (tertiary/aromatic N) is 3. The second-order valence-electron chi connectivity index (χ2n) is 12.6. The van der Waals surface area contributed by atoms with E-state index in [1.807, 2.05) is 36.5 Å². The van der Waals surface area contributed by atoms with Crippen LogP contribution in [0.2, 0.25) is 0 Å². The van der Waals surface area contributed by atoms with Crippen molar-refractivity contribution in [1.82, 2.24) is 4.57 Å². The molecular formula is C45H29N3O2.